The third-order valence-electron chi connectivity index (χ3n) is 5.45. The van der Waals surface area contributed by atoms with E-state index in [4.69, 9.17) is 0 Å². The van der Waals surface area contributed by atoms with Crippen LogP contribution in [0.1, 0.15) is 55.6 Å². The van der Waals surface area contributed by atoms with Crippen LogP contribution in [0, 0.1) is 0 Å². The van der Waals surface area contributed by atoms with Gasteiger partial charge in [0.15, 0.2) is 0 Å². The second-order valence-corrected chi connectivity index (χ2v) is 7.53. The van der Waals surface area contributed by atoms with Crippen molar-refractivity contribution in [3.05, 3.63) is 83.4 Å². The average molecular weight is 391 g/mol. The van der Waals surface area contributed by atoms with Crippen LogP contribution in [0.3, 0.4) is 0 Å². The van der Waals surface area contributed by atoms with Gasteiger partial charge in [-0.15, -0.1) is 0 Å². The molecular formula is C25H30N2O2. The zero-order chi connectivity index (χ0) is 20.3. The highest BCUT2D eigenvalue weighted by molar-refractivity contribution is 6.35. The third kappa shape index (κ3) is 6.60. The number of allylic oxidation sites excluding steroid dienone is 1. The van der Waals surface area contributed by atoms with Gasteiger partial charge in [-0.1, -0.05) is 72.3 Å². The van der Waals surface area contributed by atoms with Crippen LogP contribution in [0.25, 0.3) is 0 Å². The molecule has 0 heterocycles. The maximum Gasteiger partial charge on any atom is 0.309 e. The van der Waals surface area contributed by atoms with E-state index in [0.717, 1.165) is 25.7 Å². The van der Waals surface area contributed by atoms with Crippen LogP contribution in [0.15, 0.2) is 72.3 Å². The average Bonchev–Trinajstić information content (AvgIpc) is 2.78. The fourth-order valence-electron chi connectivity index (χ4n) is 3.86. The van der Waals surface area contributed by atoms with Crippen LogP contribution in [-0.4, -0.2) is 24.9 Å². The van der Waals surface area contributed by atoms with Gasteiger partial charge in [0.2, 0.25) is 0 Å². The van der Waals surface area contributed by atoms with E-state index in [9.17, 15) is 9.59 Å². The molecule has 0 spiro atoms. The summed E-state index contributed by atoms with van der Waals surface area (Å²) in [6.07, 6.45) is 8.57. The maximum absolute atomic E-state index is 12.1. The number of carbonyl (C=O) groups is 2. The summed E-state index contributed by atoms with van der Waals surface area (Å²) in [6, 6.07) is 20.5. The molecule has 3 rings (SSSR count). The van der Waals surface area contributed by atoms with Gasteiger partial charge in [-0.3, -0.25) is 9.59 Å². The summed E-state index contributed by atoms with van der Waals surface area (Å²) < 4.78 is 0. The first-order valence-corrected chi connectivity index (χ1v) is 10.6. The Kier molecular flexibility index (Phi) is 8.05. The molecule has 1 aliphatic rings. The van der Waals surface area contributed by atoms with Gasteiger partial charge in [0, 0.05) is 19.0 Å². The van der Waals surface area contributed by atoms with Gasteiger partial charge in [0.05, 0.1) is 0 Å². The van der Waals surface area contributed by atoms with E-state index < -0.39 is 11.8 Å². The van der Waals surface area contributed by atoms with Crippen LogP contribution in [0.2, 0.25) is 0 Å². The number of rotatable bonds is 8. The SMILES string of the molecule is O=C(NCCC1=CCCCC1)C(=O)NCCC(c1ccccc1)c1ccccc1. The highest BCUT2D eigenvalue weighted by atomic mass is 16.2. The van der Waals surface area contributed by atoms with Gasteiger partial charge >= 0.3 is 11.8 Å². The van der Waals surface area contributed by atoms with Crippen LogP contribution in [0.4, 0.5) is 0 Å². The van der Waals surface area contributed by atoms with Crippen molar-refractivity contribution in [1.82, 2.24) is 10.6 Å². The first kappa shape index (κ1) is 20.8. The van der Waals surface area contributed by atoms with E-state index in [2.05, 4.69) is 41.0 Å². The molecule has 4 heteroatoms. The maximum atomic E-state index is 12.1. The first-order valence-electron chi connectivity index (χ1n) is 10.6. The van der Waals surface area contributed by atoms with Crippen LogP contribution >= 0.6 is 0 Å². The van der Waals surface area contributed by atoms with Crippen molar-refractivity contribution in [2.24, 2.45) is 0 Å². The number of amides is 2. The van der Waals surface area contributed by atoms with Crippen molar-refractivity contribution in [3.8, 4) is 0 Å². The molecule has 0 radical (unpaired) electrons. The van der Waals surface area contributed by atoms with Gasteiger partial charge < -0.3 is 10.6 Å². The lowest BCUT2D eigenvalue weighted by molar-refractivity contribution is -0.139. The molecule has 0 aliphatic heterocycles. The number of hydrogen-bond acceptors (Lipinski definition) is 2. The predicted octanol–water partition coefficient (Wildman–Crippen LogP) is 4.33. The lowest BCUT2D eigenvalue weighted by Crippen LogP contribution is -2.41. The number of nitrogens with one attached hydrogen (secondary N) is 2. The Hall–Kier alpha value is -2.88. The highest BCUT2D eigenvalue weighted by Crippen LogP contribution is 2.27. The van der Waals surface area contributed by atoms with E-state index in [1.54, 1.807) is 0 Å². The Morgan fingerprint density at radius 3 is 1.93 bits per heavy atom. The number of hydrogen-bond donors (Lipinski definition) is 2. The summed E-state index contributed by atoms with van der Waals surface area (Å²) in [6.45, 7) is 0.973. The molecule has 2 N–H and O–H groups in total. The Morgan fingerprint density at radius 1 is 0.793 bits per heavy atom. The summed E-state index contributed by atoms with van der Waals surface area (Å²) in [4.78, 5) is 24.2. The van der Waals surface area contributed by atoms with Crippen molar-refractivity contribution in [1.29, 1.82) is 0 Å². The molecule has 0 aromatic heterocycles. The number of benzene rings is 2. The minimum Gasteiger partial charge on any atom is -0.348 e. The molecule has 4 nitrogen and oxygen atoms in total. The lowest BCUT2D eigenvalue weighted by atomic mass is 9.88. The second kappa shape index (κ2) is 11.2. The van der Waals surface area contributed by atoms with E-state index in [1.165, 1.54) is 29.5 Å². The van der Waals surface area contributed by atoms with E-state index in [1.807, 2.05) is 36.4 Å². The fourth-order valence-corrected chi connectivity index (χ4v) is 3.86. The van der Waals surface area contributed by atoms with Gasteiger partial charge in [0.1, 0.15) is 0 Å². The van der Waals surface area contributed by atoms with Crippen molar-refractivity contribution in [2.75, 3.05) is 13.1 Å². The van der Waals surface area contributed by atoms with Crippen LogP contribution < -0.4 is 10.6 Å². The Labute approximate surface area is 173 Å². The zero-order valence-corrected chi connectivity index (χ0v) is 16.9. The summed E-state index contributed by atoms with van der Waals surface area (Å²) in [5.41, 5.74) is 3.81. The largest absolute Gasteiger partial charge is 0.348 e. The van der Waals surface area contributed by atoms with Gasteiger partial charge in [0.25, 0.3) is 0 Å². The normalized spacial score (nSPS) is 13.6. The first-order chi connectivity index (χ1) is 14.2. The molecule has 0 bridgehead atoms. The van der Waals surface area contributed by atoms with E-state index in [0.29, 0.717) is 13.1 Å². The molecule has 2 aromatic rings. The Bertz CT molecular complexity index is 776. The third-order valence-corrected chi connectivity index (χ3v) is 5.45. The van der Waals surface area contributed by atoms with Crippen molar-refractivity contribution < 1.29 is 9.59 Å². The van der Waals surface area contributed by atoms with Gasteiger partial charge in [-0.25, -0.2) is 0 Å². The molecule has 2 aromatic carbocycles. The minimum absolute atomic E-state index is 0.180. The molecule has 152 valence electrons. The predicted molar refractivity (Wildman–Crippen MR) is 117 cm³/mol. The minimum atomic E-state index is -0.553. The summed E-state index contributed by atoms with van der Waals surface area (Å²) in [5, 5.41) is 5.51. The van der Waals surface area contributed by atoms with Gasteiger partial charge in [-0.2, -0.15) is 0 Å². The molecule has 1 aliphatic carbocycles. The summed E-state index contributed by atoms with van der Waals surface area (Å²) in [5.74, 6) is -0.918. The fraction of sp³-hybridized carbons (Fsp3) is 0.360. The van der Waals surface area contributed by atoms with Crippen LogP contribution in [-0.2, 0) is 9.59 Å². The summed E-state index contributed by atoms with van der Waals surface area (Å²) in [7, 11) is 0. The summed E-state index contributed by atoms with van der Waals surface area (Å²) >= 11 is 0. The second-order valence-electron chi connectivity index (χ2n) is 7.53. The zero-order valence-electron chi connectivity index (χ0n) is 16.9. The number of carbonyl (C=O) groups excluding carboxylic acids is 2. The van der Waals surface area contributed by atoms with Crippen molar-refractivity contribution in [2.45, 2.75) is 44.4 Å². The van der Waals surface area contributed by atoms with Gasteiger partial charge in [-0.05, 0) is 49.7 Å². The van der Waals surface area contributed by atoms with Crippen molar-refractivity contribution in [3.63, 3.8) is 0 Å². The molecule has 2 amide bonds. The molecule has 0 fully saturated rings. The van der Waals surface area contributed by atoms with Crippen molar-refractivity contribution >= 4 is 11.8 Å². The molecule has 0 saturated heterocycles. The topological polar surface area (TPSA) is 58.2 Å². The molecule has 0 saturated carbocycles. The molecule has 0 atom stereocenters. The standard InChI is InChI=1S/C25H30N2O2/c28-24(26-18-16-20-10-4-1-5-11-20)25(29)27-19-17-23(21-12-6-2-7-13-21)22-14-8-3-9-15-22/h2-3,6-10,12-15,23H,1,4-5,11,16-19H2,(H,26,28)(H,27,29). The van der Waals surface area contributed by atoms with E-state index >= 15 is 0 Å². The Morgan fingerprint density at radius 2 is 1.38 bits per heavy atom. The lowest BCUT2D eigenvalue weighted by Gasteiger charge is -2.18. The molecule has 29 heavy (non-hydrogen) atoms. The van der Waals surface area contributed by atoms with Crippen LogP contribution in [0.5, 0.6) is 0 Å². The smallest absolute Gasteiger partial charge is 0.309 e. The Balaban J connectivity index is 1.46. The monoisotopic (exact) mass is 390 g/mol. The highest BCUT2D eigenvalue weighted by Gasteiger charge is 2.16. The molecule has 0 unspecified atom stereocenters. The van der Waals surface area contributed by atoms with E-state index in [-0.39, 0.29) is 5.92 Å². The molecular weight excluding hydrogens is 360 g/mol. The quantitative estimate of drug-likeness (QED) is 0.521.